The van der Waals surface area contributed by atoms with Crippen molar-refractivity contribution >= 4 is 20.7 Å². The van der Waals surface area contributed by atoms with Crippen LogP contribution >= 0.6 is 0 Å². The van der Waals surface area contributed by atoms with Gasteiger partial charge in [0, 0.05) is 0 Å². The van der Waals surface area contributed by atoms with Gasteiger partial charge in [-0.15, -0.1) is 0 Å². The average Bonchev–Trinajstić information content (AvgIpc) is 2.73. The number of aromatic nitrogens is 1. The van der Waals surface area contributed by atoms with Gasteiger partial charge in [-0.1, -0.05) is 0 Å². The van der Waals surface area contributed by atoms with Crippen molar-refractivity contribution in [1.29, 1.82) is 0 Å². The molecule has 0 atom stereocenters. The Morgan fingerprint density at radius 3 is 2.71 bits per heavy atom. The summed E-state index contributed by atoms with van der Waals surface area (Å²) in [4.78, 5) is 11.8. The van der Waals surface area contributed by atoms with E-state index in [1.165, 1.54) is 4.44 Å². The Kier molecular flexibility index (Phi) is 3.77. The van der Waals surface area contributed by atoms with Crippen LogP contribution in [0.3, 0.4) is 0 Å². The maximum atomic E-state index is 11.8. The van der Waals surface area contributed by atoms with Gasteiger partial charge in [-0.2, -0.15) is 0 Å². The van der Waals surface area contributed by atoms with E-state index in [-0.39, 0.29) is 20.7 Å². The summed E-state index contributed by atoms with van der Waals surface area (Å²) < 4.78 is 10.5. The molecule has 88 valence electrons. The van der Waals surface area contributed by atoms with E-state index >= 15 is 0 Å². The Morgan fingerprint density at radius 2 is 2.06 bits per heavy atom. The summed E-state index contributed by atoms with van der Waals surface area (Å²) >= 11 is 0.0211. The third-order valence-corrected chi connectivity index (χ3v) is 3.97. The summed E-state index contributed by atoms with van der Waals surface area (Å²) in [5, 5.41) is 0. The minimum atomic E-state index is -0.315. The van der Waals surface area contributed by atoms with Crippen molar-refractivity contribution in [2.45, 2.75) is 13.8 Å². The number of aryl methyl sites for hydroxylation is 1. The summed E-state index contributed by atoms with van der Waals surface area (Å²) in [5.41, 5.74) is 2.47. The molecule has 17 heavy (non-hydrogen) atoms. The molecule has 0 aliphatic carbocycles. The van der Waals surface area contributed by atoms with Crippen molar-refractivity contribution in [3.8, 4) is 11.1 Å². The summed E-state index contributed by atoms with van der Waals surface area (Å²) in [6.07, 6.45) is 0. The molecule has 0 N–H and O–H groups in total. The molecule has 0 amide bonds. The van der Waals surface area contributed by atoms with Crippen LogP contribution < -0.4 is 0 Å². The Labute approximate surface area is 106 Å². The van der Waals surface area contributed by atoms with Crippen LogP contribution in [-0.4, -0.2) is 31.3 Å². The third kappa shape index (κ3) is 2.48. The number of ether oxygens (including phenoxy) is 1. The Hall–Kier alpha value is -1.38. The molecule has 0 saturated carbocycles. The zero-order valence-electron chi connectivity index (χ0n) is 9.77. The van der Waals surface area contributed by atoms with E-state index < -0.39 is 0 Å². The van der Waals surface area contributed by atoms with Crippen LogP contribution in [0.2, 0.25) is 0 Å². The summed E-state index contributed by atoms with van der Waals surface area (Å²) in [5.74, 6) is -0.315. The molecule has 0 aliphatic rings. The molecule has 0 fully saturated rings. The molecule has 2 aromatic rings. The molecule has 0 saturated heterocycles. The molecule has 3 nitrogen and oxygen atoms in total. The molecule has 0 spiro atoms. The van der Waals surface area contributed by atoms with Gasteiger partial charge in [0.05, 0.1) is 0 Å². The first kappa shape index (κ1) is 12.1. The second-order valence-electron chi connectivity index (χ2n) is 3.55. The van der Waals surface area contributed by atoms with E-state index in [0.717, 1.165) is 11.1 Å². The first-order valence-electron chi connectivity index (χ1n) is 5.43. The van der Waals surface area contributed by atoms with Gasteiger partial charge in [-0.25, -0.2) is 0 Å². The number of carbonyl (C=O) groups excluding carboxylic acids is 1. The number of rotatable bonds is 3. The predicted octanol–water partition coefficient (Wildman–Crippen LogP) is 2.29. The van der Waals surface area contributed by atoms with Gasteiger partial charge < -0.3 is 0 Å². The van der Waals surface area contributed by atoms with E-state index in [4.69, 9.17) is 4.74 Å². The Balaban J connectivity index is 2.47. The topological polar surface area (TPSA) is 39.2 Å². The van der Waals surface area contributed by atoms with Gasteiger partial charge in [0.25, 0.3) is 0 Å². The van der Waals surface area contributed by atoms with Crippen LogP contribution in [0.4, 0.5) is 0 Å². The molecule has 1 heterocycles. The van der Waals surface area contributed by atoms with Gasteiger partial charge in [-0.3, -0.25) is 0 Å². The molecule has 0 aliphatic heterocycles. The van der Waals surface area contributed by atoms with Crippen LogP contribution in [0.15, 0.2) is 30.3 Å². The summed E-state index contributed by atoms with van der Waals surface area (Å²) in [6, 6.07) is 9.87. The fraction of sp³-hybridized carbons (Fsp3) is 0.231. The number of hydrogen-bond donors (Lipinski definition) is 0. The zero-order valence-corrected chi connectivity index (χ0v) is 11.5. The SMILES string of the molecule is CCOC(=O)c1n[se]c(C)c1-c1ccccc1. The molecule has 1 aromatic heterocycles. The average molecular weight is 294 g/mol. The standard InChI is InChI=1S/C13H13NO2Se/c1-3-16-13(15)12-11(9(2)17-14-12)10-7-5-4-6-8-10/h4-8H,3H2,1-2H3. The Morgan fingerprint density at radius 1 is 1.35 bits per heavy atom. The van der Waals surface area contributed by atoms with Gasteiger partial charge >= 0.3 is 106 Å². The fourth-order valence-corrected chi connectivity index (χ4v) is 3.12. The summed E-state index contributed by atoms with van der Waals surface area (Å²) in [6.45, 7) is 4.21. The molecule has 1 aromatic carbocycles. The van der Waals surface area contributed by atoms with Crippen molar-refractivity contribution in [3.05, 3.63) is 40.5 Å². The van der Waals surface area contributed by atoms with Crippen LogP contribution in [0, 0.1) is 6.92 Å². The van der Waals surface area contributed by atoms with E-state index in [1.807, 2.05) is 37.3 Å². The monoisotopic (exact) mass is 295 g/mol. The van der Waals surface area contributed by atoms with Crippen LogP contribution in [0.5, 0.6) is 0 Å². The second-order valence-corrected chi connectivity index (χ2v) is 5.60. The third-order valence-electron chi connectivity index (χ3n) is 2.39. The molecule has 0 radical (unpaired) electrons. The van der Waals surface area contributed by atoms with Crippen LogP contribution in [0.1, 0.15) is 21.8 Å². The quantitative estimate of drug-likeness (QED) is 0.644. The minimum absolute atomic E-state index is 0.0211. The van der Waals surface area contributed by atoms with E-state index in [0.29, 0.717) is 12.3 Å². The maximum absolute atomic E-state index is 11.8. The first-order valence-corrected chi connectivity index (χ1v) is 7.05. The molecule has 0 unspecified atom stereocenters. The predicted molar refractivity (Wildman–Crippen MR) is 67.3 cm³/mol. The van der Waals surface area contributed by atoms with E-state index in [1.54, 1.807) is 6.92 Å². The van der Waals surface area contributed by atoms with E-state index in [9.17, 15) is 4.79 Å². The van der Waals surface area contributed by atoms with Crippen molar-refractivity contribution in [2.24, 2.45) is 0 Å². The van der Waals surface area contributed by atoms with E-state index in [2.05, 4.69) is 3.98 Å². The fourth-order valence-electron chi connectivity index (χ4n) is 1.66. The van der Waals surface area contributed by atoms with Gasteiger partial charge in [0.2, 0.25) is 0 Å². The first-order chi connectivity index (χ1) is 8.24. The van der Waals surface area contributed by atoms with Crippen LogP contribution in [0.25, 0.3) is 11.1 Å². The number of hydrogen-bond acceptors (Lipinski definition) is 3. The zero-order chi connectivity index (χ0) is 12.3. The molecular formula is C13H13NO2Se. The second kappa shape index (κ2) is 5.30. The van der Waals surface area contributed by atoms with Crippen LogP contribution in [-0.2, 0) is 4.74 Å². The number of benzene rings is 1. The number of esters is 1. The van der Waals surface area contributed by atoms with Gasteiger partial charge in [0.1, 0.15) is 0 Å². The van der Waals surface area contributed by atoms with Crippen molar-refractivity contribution in [1.82, 2.24) is 3.98 Å². The normalized spacial score (nSPS) is 10.2. The van der Waals surface area contributed by atoms with Gasteiger partial charge in [-0.05, 0) is 0 Å². The van der Waals surface area contributed by atoms with Gasteiger partial charge in [0.15, 0.2) is 0 Å². The van der Waals surface area contributed by atoms with Crippen molar-refractivity contribution in [3.63, 3.8) is 0 Å². The molecular weight excluding hydrogens is 281 g/mol. The molecule has 4 heteroatoms. The van der Waals surface area contributed by atoms with Crippen molar-refractivity contribution in [2.75, 3.05) is 6.61 Å². The van der Waals surface area contributed by atoms with Crippen molar-refractivity contribution < 1.29 is 9.53 Å². The number of carbonyl (C=O) groups is 1. The summed E-state index contributed by atoms with van der Waals surface area (Å²) in [7, 11) is 0. The molecule has 0 bridgehead atoms. The molecule has 2 rings (SSSR count). The number of nitrogens with zero attached hydrogens (tertiary/aromatic N) is 1. The Bertz CT molecular complexity index is 519.